The first-order chi connectivity index (χ1) is 15.1. The normalized spacial score (nSPS) is 11.4. The third kappa shape index (κ3) is 4.82. The van der Waals surface area contributed by atoms with Crippen LogP contribution in [0.1, 0.15) is 17.0 Å². The number of nitrogens with zero attached hydrogens (tertiary/aromatic N) is 2. The number of fused-ring (bicyclic) bond motifs is 1. The second-order valence-electron chi connectivity index (χ2n) is 6.71. The van der Waals surface area contributed by atoms with Crippen LogP contribution in [0.15, 0.2) is 69.6 Å². The maximum absolute atomic E-state index is 9.66. The minimum absolute atomic E-state index is 0.391. The zero-order valence-corrected chi connectivity index (χ0v) is 19.7. The predicted octanol–water partition coefficient (Wildman–Crippen LogP) is 6.74. The van der Waals surface area contributed by atoms with E-state index in [1.165, 1.54) is 0 Å². The number of nitrogens with one attached hydrogen (secondary N) is 1. The Kier molecular flexibility index (Phi) is 6.40. The molecule has 1 heterocycles. The number of H-pyrrole nitrogens is 1. The molecule has 31 heavy (non-hydrogen) atoms. The Hall–Kier alpha value is -3.08. The number of hydrogen-bond acceptors (Lipinski definition) is 4. The lowest BCUT2D eigenvalue weighted by atomic mass is 10.1. The first-order valence-corrected chi connectivity index (χ1v) is 11.0. The van der Waals surface area contributed by atoms with Crippen molar-refractivity contribution in [3.05, 3.63) is 86.6 Å². The number of hydrogen-bond donors (Lipinski definition) is 1. The molecule has 1 N–H and O–H groups in total. The van der Waals surface area contributed by atoms with Gasteiger partial charge in [-0.15, -0.1) is 0 Å². The van der Waals surface area contributed by atoms with E-state index < -0.39 is 0 Å². The highest BCUT2D eigenvalue weighted by Crippen LogP contribution is 2.31. The Morgan fingerprint density at radius 1 is 1.10 bits per heavy atom. The lowest BCUT2D eigenvalue weighted by Gasteiger charge is -2.12. The maximum Gasteiger partial charge on any atom is 0.161 e. The highest BCUT2D eigenvalue weighted by molar-refractivity contribution is 9.11. The van der Waals surface area contributed by atoms with E-state index in [0.717, 1.165) is 31.1 Å². The molecule has 0 bridgehead atoms. The molecule has 0 spiro atoms. The Labute approximate surface area is 196 Å². The number of allylic oxidation sites excluding steroid dienone is 1. The van der Waals surface area contributed by atoms with Crippen molar-refractivity contribution >= 4 is 54.5 Å². The van der Waals surface area contributed by atoms with E-state index in [0.29, 0.717) is 29.5 Å². The number of nitriles is 1. The van der Waals surface area contributed by atoms with Crippen LogP contribution in [0.25, 0.3) is 22.7 Å². The summed E-state index contributed by atoms with van der Waals surface area (Å²) in [6.45, 7) is 0.391. The summed E-state index contributed by atoms with van der Waals surface area (Å²) in [5.74, 6) is 1.74. The van der Waals surface area contributed by atoms with E-state index in [-0.39, 0.29) is 0 Å². The second kappa shape index (κ2) is 9.38. The molecule has 0 amide bonds. The Balaban J connectivity index is 1.58. The van der Waals surface area contributed by atoms with Crippen LogP contribution in [0.5, 0.6) is 11.5 Å². The Bertz CT molecular complexity index is 1290. The molecule has 4 aromatic rings. The number of benzene rings is 3. The van der Waals surface area contributed by atoms with Crippen LogP contribution in [0.4, 0.5) is 0 Å². The smallest absolute Gasteiger partial charge is 0.161 e. The largest absolute Gasteiger partial charge is 0.493 e. The van der Waals surface area contributed by atoms with Crippen LogP contribution in [-0.4, -0.2) is 17.1 Å². The van der Waals surface area contributed by atoms with Crippen LogP contribution in [0, 0.1) is 11.3 Å². The minimum Gasteiger partial charge on any atom is -0.493 e. The summed E-state index contributed by atoms with van der Waals surface area (Å²) in [7, 11) is 1.59. The summed E-state index contributed by atoms with van der Waals surface area (Å²) in [5.41, 5.74) is 3.97. The van der Waals surface area contributed by atoms with Gasteiger partial charge in [-0.3, -0.25) is 0 Å². The molecule has 0 saturated heterocycles. The molecular weight excluding hydrogens is 522 g/mol. The number of aromatic amines is 1. The molecule has 154 valence electrons. The lowest BCUT2D eigenvalue weighted by molar-refractivity contribution is 0.284. The van der Waals surface area contributed by atoms with Crippen molar-refractivity contribution in [3.63, 3.8) is 0 Å². The molecule has 0 atom stereocenters. The van der Waals surface area contributed by atoms with Crippen LogP contribution in [-0.2, 0) is 6.61 Å². The SMILES string of the molecule is COc1cc(/C=C(/C#N)c2nc3ccccc3[nH]2)ccc1OCc1ccc(Br)cc1Br. The summed E-state index contributed by atoms with van der Waals surface area (Å²) in [6.07, 6.45) is 1.77. The first kappa shape index (κ1) is 21.2. The Morgan fingerprint density at radius 2 is 1.94 bits per heavy atom. The van der Waals surface area contributed by atoms with E-state index in [2.05, 4.69) is 47.9 Å². The van der Waals surface area contributed by atoms with Crippen molar-refractivity contribution < 1.29 is 9.47 Å². The summed E-state index contributed by atoms with van der Waals surface area (Å²) in [6, 6.07) is 21.4. The van der Waals surface area contributed by atoms with Gasteiger partial charge in [0.15, 0.2) is 11.5 Å². The fraction of sp³-hybridized carbons (Fsp3) is 0.0833. The van der Waals surface area contributed by atoms with Gasteiger partial charge in [0, 0.05) is 14.5 Å². The quantitative estimate of drug-likeness (QED) is 0.276. The van der Waals surface area contributed by atoms with E-state index in [9.17, 15) is 5.26 Å². The fourth-order valence-electron chi connectivity index (χ4n) is 3.09. The molecule has 7 heteroatoms. The van der Waals surface area contributed by atoms with Crippen molar-refractivity contribution in [1.29, 1.82) is 5.26 Å². The number of methoxy groups -OCH3 is 1. The number of para-hydroxylation sites is 2. The van der Waals surface area contributed by atoms with Gasteiger partial charge in [0.1, 0.15) is 18.5 Å². The molecule has 3 aromatic carbocycles. The number of rotatable bonds is 6. The second-order valence-corrected chi connectivity index (χ2v) is 8.48. The zero-order chi connectivity index (χ0) is 21.8. The number of aromatic nitrogens is 2. The Morgan fingerprint density at radius 3 is 2.68 bits per heavy atom. The van der Waals surface area contributed by atoms with E-state index in [1.54, 1.807) is 13.2 Å². The average Bonchev–Trinajstić information content (AvgIpc) is 3.21. The van der Waals surface area contributed by atoms with Crippen LogP contribution >= 0.6 is 31.9 Å². The molecule has 1 aromatic heterocycles. The molecule has 0 aliphatic carbocycles. The molecule has 5 nitrogen and oxygen atoms in total. The van der Waals surface area contributed by atoms with Gasteiger partial charge in [0.25, 0.3) is 0 Å². The number of imidazole rings is 1. The summed E-state index contributed by atoms with van der Waals surface area (Å²) < 4.78 is 13.4. The van der Waals surface area contributed by atoms with Crippen LogP contribution in [0.2, 0.25) is 0 Å². The molecule has 0 aliphatic heterocycles. The molecular formula is C24H17Br2N3O2. The van der Waals surface area contributed by atoms with E-state index in [4.69, 9.17) is 9.47 Å². The van der Waals surface area contributed by atoms with Gasteiger partial charge in [0.05, 0.1) is 23.7 Å². The summed E-state index contributed by atoms with van der Waals surface area (Å²) in [4.78, 5) is 7.70. The first-order valence-electron chi connectivity index (χ1n) is 9.39. The van der Waals surface area contributed by atoms with Crippen LogP contribution in [0.3, 0.4) is 0 Å². The van der Waals surface area contributed by atoms with Gasteiger partial charge in [-0.05, 0) is 48.0 Å². The van der Waals surface area contributed by atoms with Gasteiger partial charge in [-0.2, -0.15) is 5.26 Å². The van der Waals surface area contributed by atoms with Crippen molar-refractivity contribution in [1.82, 2.24) is 9.97 Å². The molecule has 0 aliphatic rings. The molecule has 0 fully saturated rings. The molecule has 0 radical (unpaired) electrons. The fourth-order valence-corrected chi connectivity index (χ4v) is 4.25. The average molecular weight is 539 g/mol. The third-order valence-corrected chi connectivity index (χ3v) is 5.89. The van der Waals surface area contributed by atoms with E-state index >= 15 is 0 Å². The predicted molar refractivity (Wildman–Crippen MR) is 129 cm³/mol. The van der Waals surface area contributed by atoms with Gasteiger partial charge in [-0.1, -0.05) is 56.1 Å². The van der Waals surface area contributed by atoms with Gasteiger partial charge in [-0.25, -0.2) is 4.98 Å². The van der Waals surface area contributed by atoms with Crippen molar-refractivity contribution in [2.24, 2.45) is 0 Å². The molecule has 0 saturated carbocycles. The topological polar surface area (TPSA) is 70.9 Å². The van der Waals surface area contributed by atoms with Gasteiger partial charge >= 0.3 is 0 Å². The van der Waals surface area contributed by atoms with Gasteiger partial charge < -0.3 is 14.5 Å². The van der Waals surface area contributed by atoms with Crippen molar-refractivity contribution in [2.45, 2.75) is 6.61 Å². The maximum atomic E-state index is 9.66. The standard InChI is InChI=1S/C24H17Br2N3O2/c1-30-23-11-15(6-9-22(23)31-14-16-7-8-18(25)12-19(16)26)10-17(13-27)24-28-20-4-2-3-5-21(20)29-24/h2-12H,14H2,1H3,(H,28,29)/b17-10-. The molecule has 0 unspecified atom stereocenters. The zero-order valence-electron chi connectivity index (χ0n) is 16.5. The van der Waals surface area contributed by atoms with Gasteiger partial charge in [0.2, 0.25) is 0 Å². The van der Waals surface area contributed by atoms with Crippen molar-refractivity contribution in [2.75, 3.05) is 7.11 Å². The molecule has 4 rings (SSSR count). The minimum atomic E-state index is 0.391. The lowest BCUT2D eigenvalue weighted by Crippen LogP contribution is -1.99. The summed E-state index contributed by atoms with van der Waals surface area (Å²) >= 11 is 7.00. The number of halogens is 2. The monoisotopic (exact) mass is 537 g/mol. The summed E-state index contributed by atoms with van der Waals surface area (Å²) in [5, 5.41) is 9.66. The highest BCUT2D eigenvalue weighted by Gasteiger charge is 2.11. The van der Waals surface area contributed by atoms with Crippen LogP contribution < -0.4 is 9.47 Å². The number of ether oxygens (including phenoxy) is 2. The van der Waals surface area contributed by atoms with E-state index in [1.807, 2.05) is 60.7 Å². The highest BCUT2D eigenvalue weighted by atomic mass is 79.9. The van der Waals surface area contributed by atoms with Crippen molar-refractivity contribution in [3.8, 4) is 17.6 Å². The third-order valence-electron chi connectivity index (χ3n) is 4.66.